The highest BCUT2D eigenvalue weighted by atomic mass is 16.5. The van der Waals surface area contributed by atoms with E-state index in [4.69, 9.17) is 9.47 Å². The molecule has 0 bridgehead atoms. The van der Waals surface area contributed by atoms with Crippen molar-refractivity contribution in [3.63, 3.8) is 0 Å². The maximum Gasteiger partial charge on any atom is 0.239 e. The quantitative estimate of drug-likeness (QED) is 0.523. The molecule has 1 aromatic carbocycles. The molecule has 1 aliphatic carbocycles. The van der Waals surface area contributed by atoms with Crippen LogP contribution in [-0.4, -0.2) is 31.6 Å². The lowest BCUT2D eigenvalue weighted by Gasteiger charge is -2.21. The molecule has 2 N–H and O–H groups in total. The van der Waals surface area contributed by atoms with E-state index in [0.717, 1.165) is 37.0 Å². The average molecular weight is 419 g/mol. The number of ether oxygens (including phenoxy) is 2. The molecule has 30 heavy (non-hydrogen) atoms. The van der Waals surface area contributed by atoms with E-state index in [9.17, 15) is 9.59 Å². The SMILES string of the molecule is CCCOc1ccc(C(C)NC(=O)CNC(=O)CC2CCCCC2)cc1OCCC. The Morgan fingerprint density at radius 1 is 1.00 bits per heavy atom. The van der Waals surface area contributed by atoms with Crippen LogP contribution in [0.1, 0.15) is 83.7 Å². The van der Waals surface area contributed by atoms with E-state index in [0.29, 0.717) is 31.3 Å². The molecule has 0 radical (unpaired) electrons. The molecule has 1 unspecified atom stereocenters. The van der Waals surface area contributed by atoms with Crippen LogP contribution in [0.3, 0.4) is 0 Å². The zero-order chi connectivity index (χ0) is 21.8. The Hall–Kier alpha value is -2.24. The molecule has 1 saturated carbocycles. The van der Waals surface area contributed by atoms with Gasteiger partial charge >= 0.3 is 0 Å². The van der Waals surface area contributed by atoms with Crippen LogP contribution in [0.5, 0.6) is 11.5 Å². The van der Waals surface area contributed by atoms with Crippen molar-refractivity contribution in [1.82, 2.24) is 10.6 Å². The van der Waals surface area contributed by atoms with Gasteiger partial charge in [0.15, 0.2) is 11.5 Å². The Morgan fingerprint density at radius 2 is 1.67 bits per heavy atom. The number of hydrogen-bond acceptors (Lipinski definition) is 4. The number of hydrogen-bond donors (Lipinski definition) is 2. The van der Waals surface area contributed by atoms with Gasteiger partial charge in [0.25, 0.3) is 0 Å². The first-order chi connectivity index (χ1) is 14.5. The van der Waals surface area contributed by atoms with E-state index >= 15 is 0 Å². The lowest BCUT2D eigenvalue weighted by Crippen LogP contribution is -2.38. The molecular formula is C24H38N2O4. The standard InChI is InChI=1S/C24H38N2O4/c1-4-13-29-21-12-11-20(16-22(21)30-14-5-2)18(3)26-24(28)17-25-23(27)15-19-9-7-6-8-10-19/h11-12,16,18-19H,4-10,13-15,17H2,1-3H3,(H,25,27)(H,26,28). The molecule has 0 saturated heterocycles. The Morgan fingerprint density at radius 3 is 2.33 bits per heavy atom. The van der Waals surface area contributed by atoms with Crippen molar-refractivity contribution in [2.24, 2.45) is 5.92 Å². The van der Waals surface area contributed by atoms with Crippen LogP contribution < -0.4 is 20.1 Å². The molecule has 6 nitrogen and oxygen atoms in total. The van der Waals surface area contributed by atoms with E-state index < -0.39 is 0 Å². The summed E-state index contributed by atoms with van der Waals surface area (Å²) in [4.78, 5) is 24.4. The molecular weight excluding hydrogens is 380 g/mol. The summed E-state index contributed by atoms with van der Waals surface area (Å²) < 4.78 is 11.6. The maximum atomic E-state index is 12.3. The van der Waals surface area contributed by atoms with E-state index in [1.165, 1.54) is 19.3 Å². The minimum Gasteiger partial charge on any atom is -0.490 e. The lowest BCUT2D eigenvalue weighted by molar-refractivity contribution is -0.127. The summed E-state index contributed by atoms with van der Waals surface area (Å²) in [7, 11) is 0. The fourth-order valence-electron chi connectivity index (χ4n) is 3.73. The Balaban J connectivity index is 1.84. The number of carbonyl (C=O) groups is 2. The largest absolute Gasteiger partial charge is 0.490 e. The first kappa shape index (κ1) is 24.0. The molecule has 0 spiro atoms. The van der Waals surface area contributed by atoms with Gasteiger partial charge in [-0.25, -0.2) is 0 Å². The highest BCUT2D eigenvalue weighted by Crippen LogP contribution is 2.31. The van der Waals surface area contributed by atoms with Gasteiger partial charge in [-0.15, -0.1) is 0 Å². The van der Waals surface area contributed by atoms with Gasteiger partial charge in [0.1, 0.15) is 0 Å². The smallest absolute Gasteiger partial charge is 0.239 e. The van der Waals surface area contributed by atoms with Crippen molar-refractivity contribution in [3.05, 3.63) is 23.8 Å². The second kappa shape index (κ2) is 13.1. The monoisotopic (exact) mass is 418 g/mol. The third-order valence-corrected chi connectivity index (χ3v) is 5.41. The number of nitrogens with one attached hydrogen (secondary N) is 2. The summed E-state index contributed by atoms with van der Waals surface area (Å²) in [6.07, 6.45) is 8.30. The van der Waals surface area contributed by atoms with Gasteiger partial charge in [0.05, 0.1) is 25.8 Å². The van der Waals surface area contributed by atoms with Crippen molar-refractivity contribution in [2.45, 2.75) is 78.2 Å². The van der Waals surface area contributed by atoms with Crippen LogP contribution in [0, 0.1) is 5.92 Å². The van der Waals surface area contributed by atoms with E-state index in [1.54, 1.807) is 0 Å². The van der Waals surface area contributed by atoms with E-state index in [1.807, 2.05) is 25.1 Å². The summed E-state index contributed by atoms with van der Waals surface area (Å²) in [6, 6.07) is 5.56. The van der Waals surface area contributed by atoms with Gasteiger partial charge in [-0.1, -0.05) is 39.2 Å². The molecule has 1 atom stereocenters. The highest BCUT2D eigenvalue weighted by molar-refractivity contribution is 5.85. The summed E-state index contributed by atoms with van der Waals surface area (Å²) in [6.45, 7) is 7.29. The first-order valence-corrected chi connectivity index (χ1v) is 11.5. The third-order valence-electron chi connectivity index (χ3n) is 5.41. The molecule has 2 amide bonds. The lowest BCUT2D eigenvalue weighted by atomic mass is 9.87. The van der Waals surface area contributed by atoms with Crippen LogP contribution >= 0.6 is 0 Å². The van der Waals surface area contributed by atoms with Crippen LogP contribution in [0.15, 0.2) is 18.2 Å². The van der Waals surface area contributed by atoms with Gasteiger partial charge in [0, 0.05) is 6.42 Å². The second-order valence-corrected chi connectivity index (χ2v) is 8.18. The zero-order valence-electron chi connectivity index (χ0n) is 18.8. The van der Waals surface area contributed by atoms with Gasteiger partial charge in [0.2, 0.25) is 11.8 Å². The Bertz CT molecular complexity index is 671. The van der Waals surface area contributed by atoms with Crippen LogP contribution in [-0.2, 0) is 9.59 Å². The highest BCUT2D eigenvalue weighted by Gasteiger charge is 2.18. The molecule has 1 aliphatic rings. The topological polar surface area (TPSA) is 76.7 Å². The summed E-state index contributed by atoms with van der Waals surface area (Å²) in [5.41, 5.74) is 0.937. The molecule has 1 fully saturated rings. The van der Waals surface area contributed by atoms with Gasteiger partial charge in [-0.2, -0.15) is 0 Å². The fraction of sp³-hybridized carbons (Fsp3) is 0.667. The predicted octanol–water partition coefficient (Wildman–Crippen LogP) is 4.53. The number of rotatable bonds is 12. The van der Waals surface area contributed by atoms with Crippen molar-refractivity contribution >= 4 is 11.8 Å². The average Bonchev–Trinajstić information content (AvgIpc) is 2.75. The molecule has 0 heterocycles. The van der Waals surface area contributed by atoms with Gasteiger partial charge < -0.3 is 20.1 Å². The van der Waals surface area contributed by atoms with Crippen LogP contribution in [0.2, 0.25) is 0 Å². The maximum absolute atomic E-state index is 12.3. The van der Waals surface area contributed by atoms with Crippen LogP contribution in [0.25, 0.3) is 0 Å². The second-order valence-electron chi connectivity index (χ2n) is 8.18. The molecule has 1 aromatic rings. The Labute approximate surface area is 181 Å². The zero-order valence-corrected chi connectivity index (χ0v) is 18.8. The molecule has 2 rings (SSSR count). The van der Waals surface area contributed by atoms with Gasteiger partial charge in [-0.3, -0.25) is 9.59 Å². The first-order valence-electron chi connectivity index (χ1n) is 11.5. The summed E-state index contributed by atoms with van der Waals surface area (Å²) in [5.74, 6) is 1.67. The van der Waals surface area contributed by atoms with Crippen molar-refractivity contribution in [2.75, 3.05) is 19.8 Å². The summed E-state index contributed by atoms with van der Waals surface area (Å²) >= 11 is 0. The summed E-state index contributed by atoms with van der Waals surface area (Å²) in [5, 5.41) is 5.71. The molecule has 0 aromatic heterocycles. The number of benzene rings is 1. The Kier molecular flexibility index (Phi) is 10.5. The van der Waals surface area contributed by atoms with Crippen molar-refractivity contribution in [1.29, 1.82) is 0 Å². The number of carbonyl (C=O) groups excluding carboxylic acids is 2. The normalized spacial score (nSPS) is 15.3. The minimum absolute atomic E-state index is 0.00673. The van der Waals surface area contributed by atoms with Crippen molar-refractivity contribution < 1.29 is 19.1 Å². The van der Waals surface area contributed by atoms with Crippen LogP contribution in [0.4, 0.5) is 0 Å². The fourth-order valence-corrected chi connectivity index (χ4v) is 3.73. The van der Waals surface area contributed by atoms with E-state index in [-0.39, 0.29) is 24.4 Å². The third kappa shape index (κ3) is 8.25. The van der Waals surface area contributed by atoms with Crippen molar-refractivity contribution in [3.8, 4) is 11.5 Å². The molecule has 6 heteroatoms. The predicted molar refractivity (Wildman–Crippen MR) is 119 cm³/mol. The molecule has 0 aliphatic heterocycles. The molecule has 168 valence electrons. The van der Waals surface area contributed by atoms with Gasteiger partial charge in [-0.05, 0) is 56.2 Å². The number of amides is 2. The minimum atomic E-state index is -0.197. The van der Waals surface area contributed by atoms with E-state index in [2.05, 4.69) is 24.5 Å².